The zero-order valence-electron chi connectivity index (χ0n) is 19.4. The van der Waals surface area contributed by atoms with Crippen LogP contribution < -0.4 is 20.1 Å². The second-order valence-corrected chi connectivity index (χ2v) is 8.27. The summed E-state index contributed by atoms with van der Waals surface area (Å²) in [5, 5.41) is 4.88. The summed E-state index contributed by atoms with van der Waals surface area (Å²) in [6.45, 7) is -0.583. The van der Waals surface area contributed by atoms with Crippen molar-refractivity contribution in [1.29, 1.82) is 0 Å². The number of nitrogens with zero attached hydrogens (tertiary/aromatic N) is 1. The first-order valence-corrected chi connectivity index (χ1v) is 11.3. The van der Waals surface area contributed by atoms with Crippen molar-refractivity contribution in [2.75, 3.05) is 19.0 Å². The SMILES string of the molecule is COc1cc(/C=C2/NC(=O)N(CC(=O)Nc3ccccc3F)C2=O)cc(Cl)c1OCc1cccc(F)c1. The summed E-state index contributed by atoms with van der Waals surface area (Å²) in [5.74, 6) is -2.10. The molecule has 37 heavy (non-hydrogen) atoms. The maximum absolute atomic E-state index is 13.8. The fourth-order valence-electron chi connectivity index (χ4n) is 3.52. The lowest BCUT2D eigenvalue weighted by Crippen LogP contribution is -2.38. The van der Waals surface area contributed by atoms with E-state index >= 15 is 0 Å². The molecule has 0 spiro atoms. The van der Waals surface area contributed by atoms with Gasteiger partial charge >= 0.3 is 6.03 Å². The molecular formula is C26H20ClF2N3O5. The molecule has 1 aliphatic rings. The van der Waals surface area contributed by atoms with Gasteiger partial charge in [0, 0.05) is 0 Å². The van der Waals surface area contributed by atoms with Gasteiger partial charge in [-0.3, -0.25) is 9.59 Å². The van der Waals surface area contributed by atoms with Gasteiger partial charge in [0.15, 0.2) is 11.5 Å². The molecule has 2 N–H and O–H groups in total. The van der Waals surface area contributed by atoms with Crippen LogP contribution in [0.25, 0.3) is 6.08 Å². The first kappa shape index (κ1) is 25.6. The fraction of sp³-hybridized carbons (Fsp3) is 0.115. The number of imide groups is 1. The molecule has 3 aromatic carbocycles. The van der Waals surface area contributed by atoms with Gasteiger partial charge in [-0.1, -0.05) is 35.9 Å². The number of nitrogens with one attached hydrogen (secondary N) is 2. The van der Waals surface area contributed by atoms with Crippen molar-refractivity contribution in [2.45, 2.75) is 6.61 Å². The monoisotopic (exact) mass is 527 g/mol. The van der Waals surface area contributed by atoms with Crippen LogP contribution in [0.1, 0.15) is 11.1 Å². The Labute approximate surface area is 215 Å². The Morgan fingerprint density at radius 3 is 2.62 bits per heavy atom. The Hall–Kier alpha value is -4.44. The van der Waals surface area contributed by atoms with Crippen molar-refractivity contribution in [3.8, 4) is 11.5 Å². The first-order valence-electron chi connectivity index (χ1n) is 10.9. The molecule has 1 heterocycles. The lowest BCUT2D eigenvalue weighted by Gasteiger charge is -2.14. The van der Waals surface area contributed by atoms with Crippen molar-refractivity contribution in [3.63, 3.8) is 0 Å². The van der Waals surface area contributed by atoms with Crippen LogP contribution in [0.2, 0.25) is 5.02 Å². The number of halogens is 3. The Morgan fingerprint density at radius 1 is 1.11 bits per heavy atom. The van der Waals surface area contributed by atoms with Gasteiger partial charge < -0.3 is 20.1 Å². The smallest absolute Gasteiger partial charge is 0.329 e. The molecule has 190 valence electrons. The number of anilines is 1. The predicted molar refractivity (Wildman–Crippen MR) is 132 cm³/mol. The fourth-order valence-corrected chi connectivity index (χ4v) is 3.80. The number of para-hydroxylation sites is 1. The first-order chi connectivity index (χ1) is 17.7. The molecule has 1 fully saturated rings. The van der Waals surface area contributed by atoms with Crippen LogP contribution in [-0.4, -0.2) is 36.4 Å². The maximum atomic E-state index is 13.8. The standard InChI is InChI=1S/C26H20ClF2N3O5/c1-36-22-12-16(10-18(27)24(22)37-14-15-5-4-6-17(28)9-15)11-21-25(34)32(26(35)31-21)13-23(33)30-20-8-3-2-7-19(20)29/h2-12H,13-14H2,1H3,(H,30,33)(H,31,35)/b21-11+. The maximum Gasteiger partial charge on any atom is 0.329 e. The number of hydrogen-bond acceptors (Lipinski definition) is 5. The number of methoxy groups -OCH3 is 1. The molecule has 0 aliphatic carbocycles. The van der Waals surface area contributed by atoms with Crippen molar-refractivity contribution in [2.24, 2.45) is 0 Å². The van der Waals surface area contributed by atoms with Gasteiger partial charge in [-0.15, -0.1) is 0 Å². The normalized spacial score (nSPS) is 14.1. The Balaban J connectivity index is 1.48. The van der Waals surface area contributed by atoms with Crippen molar-refractivity contribution in [3.05, 3.63) is 94.1 Å². The van der Waals surface area contributed by atoms with E-state index in [0.29, 0.717) is 16.0 Å². The third kappa shape index (κ3) is 6.04. The average Bonchev–Trinajstić information content (AvgIpc) is 3.11. The molecule has 0 saturated carbocycles. The van der Waals surface area contributed by atoms with Gasteiger partial charge in [-0.2, -0.15) is 0 Å². The van der Waals surface area contributed by atoms with Gasteiger partial charge in [-0.05, 0) is 53.6 Å². The lowest BCUT2D eigenvalue weighted by molar-refractivity contribution is -0.127. The highest BCUT2D eigenvalue weighted by Crippen LogP contribution is 2.37. The van der Waals surface area contributed by atoms with E-state index < -0.39 is 36.0 Å². The minimum atomic E-state index is -0.812. The van der Waals surface area contributed by atoms with Crippen molar-refractivity contribution < 1.29 is 32.6 Å². The van der Waals surface area contributed by atoms with Gasteiger partial charge in [0.1, 0.15) is 30.5 Å². The molecule has 0 aromatic heterocycles. The molecule has 4 amide bonds. The summed E-state index contributed by atoms with van der Waals surface area (Å²) in [4.78, 5) is 38.1. The molecule has 0 unspecified atom stereocenters. The van der Waals surface area contributed by atoms with Crippen LogP contribution >= 0.6 is 11.6 Å². The Kier molecular flexibility index (Phi) is 7.69. The number of urea groups is 1. The van der Waals surface area contributed by atoms with E-state index in [9.17, 15) is 23.2 Å². The predicted octanol–water partition coefficient (Wildman–Crippen LogP) is 4.74. The number of carbonyl (C=O) groups excluding carboxylic acids is 3. The molecule has 0 bridgehead atoms. The molecule has 0 radical (unpaired) electrons. The molecule has 0 atom stereocenters. The lowest BCUT2D eigenvalue weighted by atomic mass is 10.1. The van der Waals surface area contributed by atoms with E-state index in [1.165, 1.54) is 61.7 Å². The van der Waals surface area contributed by atoms with Gasteiger partial charge in [-0.25, -0.2) is 18.5 Å². The number of amides is 4. The highest BCUT2D eigenvalue weighted by atomic mass is 35.5. The summed E-state index contributed by atoms with van der Waals surface area (Å²) >= 11 is 6.37. The minimum absolute atomic E-state index is 0.0344. The third-order valence-corrected chi connectivity index (χ3v) is 5.53. The summed E-state index contributed by atoms with van der Waals surface area (Å²) in [6, 6.07) is 13.6. The van der Waals surface area contributed by atoms with Crippen molar-refractivity contribution >= 4 is 41.2 Å². The summed E-state index contributed by atoms with van der Waals surface area (Å²) < 4.78 is 38.3. The number of hydrogen-bond donors (Lipinski definition) is 2. The van der Waals surface area contributed by atoms with E-state index in [4.69, 9.17) is 21.1 Å². The minimum Gasteiger partial charge on any atom is -0.493 e. The molecular weight excluding hydrogens is 508 g/mol. The molecule has 11 heteroatoms. The van der Waals surface area contributed by atoms with Gasteiger partial charge in [0.05, 0.1) is 17.8 Å². The third-order valence-electron chi connectivity index (χ3n) is 5.25. The largest absolute Gasteiger partial charge is 0.493 e. The zero-order valence-corrected chi connectivity index (χ0v) is 20.1. The highest BCUT2D eigenvalue weighted by molar-refractivity contribution is 6.32. The van der Waals surface area contributed by atoms with E-state index in [2.05, 4.69) is 10.6 Å². The highest BCUT2D eigenvalue weighted by Gasteiger charge is 2.35. The quantitative estimate of drug-likeness (QED) is 0.326. The second kappa shape index (κ2) is 11.1. The average molecular weight is 528 g/mol. The number of rotatable bonds is 8. The van der Waals surface area contributed by atoms with Gasteiger partial charge in [0.2, 0.25) is 5.91 Å². The van der Waals surface area contributed by atoms with Crippen LogP contribution in [0.4, 0.5) is 19.3 Å². The molecule has 4 rings (SSSR count). The summed E-state index contributed by atoms with van der Waals surface area (Å²) in [7, 11) is 1.40. The second-order valence-electron chi connectivity index (χ2n) is 7.86. The van der Waals surface area contributed by atoms with Crippen LogP contribution in [0, 0.1) is 11.6 Å². The Bertz CT molecular complexity index is 1410. The molecule has 8 nitrogen and oxygen atoms in total. The zero-order chi connectivity index (χ0) is 26.5. The number of benzene rings is 3. The van der Waals surface area contributed by atoms with E-state index in [1.54, 1.807) is 12.1 Å². The van der Waals surface area contributed by atoms with Gasteiger partial charge in [0.25, 0.3) is 5.91 Å². The van der Waals surface area contributed by atoms with Crippen LogP contribution in [0.3, 0.4) is 0 Å². The molecule has 1 saturated heterocycles. The van der Waals surface area contributed by atoms with E-state index in [0.717, 1.165) is 0 Å². The number of carbonyl (C=O) groups is 3. The Morgan fingerprint density at radius 2 is 1.89 bits per heavy atom. The van der Waals surface area contributed by atoms with E-state index in [1.807, 2.05) is 0 Å². The summed E-state index contributed by atoms with van der Waals surface area (Å²) in [5.41, 5.74) is 0.816. The van der Waals surface area contributed by atoms with Crippen LogP contribution in [0.5, 0.6) is 11.5 Å². The summed E-state index contributed by atoms with van der Waals surface area (Å²) in [6.07, 6.45) is 1.36. The van der Waals surface area contributed by atoms with Crippen LogP contribution in [0.15, 0.2) is 66.4 Å². The van der Waals surface area contributed by atoms with E-state index in [-0.39, 0.29) is 34.5 Å². The van der Waals surface area contributed by atoms with Crippen LogP contribution in [-0.2, 0) is 16.2 Å². The molecule has 3 aromatic rings. The van der Waals surface area contributed by atoms with Crippen molar-refractivity contribution in [1.82, 2.24) is 10.2 Å². The number of ether oxygens (including phenoxy) is 2. The molecule has 1 aliphatic heterocycles. The topological polar surface area (TPSA) is 97.0 Å².